The Morgan fingerprint density at radius 1 is 1.42 bits per heavy atom. The van der Waals surface area contributed by atoms with Gasteiger partial charge in [0.1, 0.15) is 5.82 Å². The number of amides is 1. The van der Waals surface area contributed by atoms with Crippen molar-refractivity contribution >= 4 is 27.5 Å². The van der Waals surface area contributed by atoms with Crippen molar-refractivity contribution in [2.45, 2.75) is 25.7 Å². The maximum atomic E-state index is 13.2. The van der Waals surface area contributed by atoms with Gasteiger partial charge in [0.2, 0.25) is 5.91 Å². The van der Waals surface area contributed by atoms with E-state index < -0.39 is 0 Å². The average molecular weight is 329 g/mol. The highest BCUT2D eigenvalue weighted by Gasteiger charge is 2.30. The Morgan fingerprint density at radius 3 is 2.89 bits per heavy atom. The van der Waals surface area contributed by atoms with Gasteiger partial charge < -0.3 is 11.1 Å². The van der Waals surface area contributed by atoms with Crippen molar-refractivity contribution in [2.24, 2.45) is 17.6 Å². The van der Waals surface area contributed by atoms with Crippen LogP contribution in [-0.2, 0) is 4.79 Å². The van der Waals surface area contributed by atoms with Crippen LogP contribution in [0.3, 0.4) is 0 Å². The molecule has 0 bridgehead atoms. The summed E-state index contributed by atoms with van der Waals surface area (Å²) in [5, 5.41) is 2.80. The van der Waals surface area contributed by atoms with Gasteiger partial charge in [-0.3, -0.25) is 4.79 Å². The van der Waals surface area contributed by atoms with Crippen LogP contribution >= 0.6 is 15.9 Å². The third kappa shape index (κ3) is 3.54. The van der Waals surface area contributed by atoms with Crippen LogP contribution in [0.1, 0.15) is 25.7 Å². The first kappa shape index (κ1) is 14.5. The highest BCUT2D eigenvalue weighted by molar-refractivity contribution is 9.10. The van der Waals surface area contributed by atoms with Crippen molar-refractivity contribution in [1.82, 2.24) is 0 Å². The summed E-state index contributed by atoms with van der Waals surface area (Å²) in [5.74, 6) is -0.242. The lowest BCUT2D eigenvalue weighted by atomic mass is 9.78. The number of benzene rings is 1. The molecule has 3 nitrogen and oxygen atoms in total. The van der Waals surface area contributed by atoms with Crippen LogP contribution in [0.4, 0.5) is 10.1 Å². The lowest BCUT2D eigenvalue weighted by Crippen LogP contribution is -2.35. The van der Waals surface area contributed by atoms with Gasteiger partial charge in [0, 0.05) is 10.4 Å². The fraction of sp³-hybridized carbons (Fsp3) is 0.500. The zero-order valence-electron chi connectivity index (χ0n) is 10.7. The molecule has 1 aromatic carbocycles. The molecule has 1 aromatic rings. The van der Waals surface area contributed by atoms with Gasteiger partial charge in [0.05, 0.1) is 5.69 Å². The number of nitrogens with one attached hydrogen (secondary N) is 1. The number of hydrogen-bond acceptors (Lipinski definition) is 2. The summed E-state index contributed by atoms with van der Waals surface area (Å²) in [7, 11) is 0. The Balaban J connectivity index is 2.09. The van der Waals surface area contributed by atoms with Gasteiger partial charge in [-0.25, -0.2) is 4.39 Å². The second-order valence-electron chi connectivity index (χ2n) is 5.00. The van der Waals surface area contributed by atoms with Crippen LogP contribution in [0.15, 0.2) is 22.7 Å². The zero-order valence-corrected chi connectivity index (χ0v) is 12.2. The van der Waals surface area contributed by atoms with Gasteiger partial charge in [0.15, 0.2) is 0 Å². The van der Waals surface area contributed by atoms with E-state index in [9.17, 15) is 9.18 Å². The number of hydrogen-bond donors (Lipinski definition) is 2. The molecule has 1 amide bonds. The molecule has 1 aliphatic rings. The third-order valence-electron chi connectivity index (χ3n) is 3.73. The lowest BCUT2D eigenvalue weighted by Gasteiger charge is -2.29. The molecule has 2 rings (SSSR count). The molecule has 2 atom stereocenters. The Kier molecular flexibility index (Phi) is 4.93. The molecule has 0 radical (unpaired) electrons. The summed E-state index contributed by atoms with van der Waals surface area (Å²) >= 11 is 3.31. The molecule has 104 valence electrons. The molecule has 5 heteroatoms. The van der Waals surface area contributed by atoms with Crippen LogP contribution in [0, 0.1) is 17.7 Å². The molecule has 0 heterocycles. The first-order valence-electron chi connectivity index (χ1n) is 6.58. The van der Waals surface area contributed by atoms with E-state index in [1.165, 1.54) is 12.1 Å². The summed E-state index contributed by atoms with van der Waals surface area (Å²) in [6.45, 7) is 0.530. The number of nitrogens with two attached hydrogens (primary N) is 1. The minimum Gasteiger partial charge on any atom is -0.330 e. The molecule has 0 saturated heterocycles. The standard InChI is InChI=1S/C14H18BrFN2O/c15-12-6-5-10(16)7-13(12)18-14(19)11-4-2-1-3-9(11)8-17/h5-7,9,11H,1-4,8,17H2,(H,18,19). The third-order valence-corrected chi connectivity index (χ3v) is 4.43. The van der Waals surface area contributed by atoms with Gasteiger partial charge in [-0.1, -0.05) is 12.8 Å². The van der Waals surface area contributed by atoms with Gasteiger partial charge >= 0.3 is 0 Å². The lowest BCUT2D eigenvalue weighted by molar-refractivity contribution is -0.122. The predicted octanol–water partition coefficient (Wildman–Crippen LogP) is 3.29. The summed E-state index contributed by atoms with van der Waals surface area (Å²) < 4.78 is 13.9. The molecular formula is C14H18BrFN2O. The SMILES string of the molecule is NCC1CCCCC1C(=O)Nc1cc(F)ccc1Br. The monoisotopic (exact) mass is 328 g/mol. The van der Waals surface area contributed by atoms with Gasteiger partial charge in [-0.15, -0.1) is 0 Å². The first-order valence-corrected chi connectivity index (χ1v) is 7.37. The van der Waals surface area contributed by atoms with E-state index in [-0.39, 0.29) is 23.6 Å². The molecule has 19 heavy (non-hydrogen) atoms. The number of carbonyl (C=O) groups is 1. The molecule has 0 aromatic heterocycles. The quantitative estimate of drug-likeness (QED) is 0.894. The van der Waals surface area contributed by atoms with Gasteiger partial charge in [-0.2, -0.15) is 0 Å². The zero-order chi connectivity index (χ0) is 13.8. The van der Waals surface area contributed by atoms with E-state index in [2.05, 4.69) is 21.2 Å². The number of anilines is 1. The van der Waals surface area contributed by atoms with Crippen LogP contribution in [0.5, 0.6) is 0 Å². The van der Waals surface area contributed by atoms with Crippen molar-refractivity contribution in [3.05, 3.63) is 28.5 Å². The number of rotatable bonds is 3. The molecule has 3 N–H and O–H groups in total. The topological polar surface area (TPSA) is 55.1 Å². The molecule has 0 aliphatic heterocycles. The van der Waals surface area contributed by atoms with Crippen molar-refractivity contribution in [3.63, 3.8) is 0 Å². The van der Waals surface area contributed by atoms with Crippen molar-refractivity contribution in [2.75, 3.05) is 11.9 Å². The Hall–Kier alpha value is -0.940. The fourth-order valence-electron chi connectivity index (χ4n) is 2.65. The smallest absolute Gasteiger partial charge is 0.227 e. The van der Waals surface area contributed by atoms with E-state index in [0.29, 0.717) is 16.7 Å². The second kappa shape index (κ2) is 6.48. The molecule has 1 saturated carbocycles. The largest absolute Gasteiger partial charge is 0.330 e. The van der Waals surface area contributed by atoms with E-state index >= 15 is 0 Å². The normalized spacial score (nSPS) is 23.1. The minimum absolute atomic E-state index is 0.0542. The van der Waals surface area contributed by atoms with Crippen LogP contribution < -0.4 is 11.1 Å². The predicted molar refractivity (Wildman–Crippen MR) is 77.2 cm³/mol. The molecule has 2 unspecified atom stereocenters. The summed E-state index contributed by atoms with van der Waals surface area (Å²) in [4.78, 5) is 12.3. The van der Waals surface area contributed by atoms with E-state index in [0.717, 1.165) is 25.7 Å². The molecule has 1 aliphatic carbocycles. The van der Waals surface area contributed by atoms with Crippen LogP contribution in [0.25, 0.3) is 0 Å². The van der Waals surface area contributed by atoms with Crippen molar-refractivity contribution < 1.29 is 9.18 Å². The molecule has 1 fully saturated rings. The summed E-state index contributed by atoms with van der Waals surface area (Å²) in [5.41, 5.74) is 6.21. The Labute approximate surface area is 120 Å². The van der Waals surface area contributed by atoms with Crippen molar-refractivity contribution in [3.8, 4) is 0 Å². The van der Waals surface area contributed by atoms with Crippen LogP contribution in [-0.4, -0.2) is 12.5 Å². The average Bonchev–Trinajstić information content (AvgIpc) is 2.42. The second-order valence-corrected chi connectivity index (χ2v) is 5.85. The number of carbonyl (C=O) groups excluding carboxylic acids is 1. The van der Waals surface area contributed by atoms with E-state index in [1.807, 2.05) is 0 Å². The molecule has 0 spiro atoms. The maximum absolute atomic E-state index is 13.2. The van der Waals surface area contributed by atoms with Gasteiger partial charge in [-0.05, 0) is 59.4 Å². The van der Waals surface area contributed by atoms with Gasteiger partial charge in [0.25, 0.3) is 0 Å². The Bertz CT molecular complexity index is 467. The first-order chi connectivity index (χ1) is 9.11. The number of halogens is 2. The van der Waals surface area contributed by atoms with Crippen LogP contribution in [0.2, 0.25) is 0 Å². The fourth-order valence-corrected chi connectivity index (χ4v) is 3.00. The Morgan fingerprint density at radius 2 is 2.16 bits per heavy atom. The van der Waals surface area contributed by atoms with E-state index in [4.69, 9.17) is 5.73 Å². The van der Waals surface area contributed by atoms with Crippen molar-refractivity contribution in [1.29, 1.82) is 0 Å². The summed E-state index contributed by atoms with van der Waals surface area (Å²) in [6, 6.07) is 4.26. The summed E-state index contributed by atoms with van der Waals surface area (Å²) in [6.07, 6.45) is 4.05. The maximum Gasteiger partial charge on any atom is 0.227 e. The molecular weight excluding hydrogens is 311 g/mol. The highest BCUT2D eigenvalue weighted by Crippen LogP contribution is 2.31. The minimum atomic E-state index is -0.363. The van der Waals surface area contributed by atoms with E-state index in [1.54, 1.807) is 6.07 Å². The highest BCUT2D eigenvalue weighted by atomic mass is 79.9.